The molecule has 2 unspecified atom stereocenters. The molecule has 6 nitrogen and oxygen atoms in total. The third-order valence-corrected chi connectivity index (χ3v) is 8.04. The van der Waals surface area contributed by atoms with E-state index in [-0.39, 0.29) is 24.3 Å². The van der Waals surface area contributed by atoms with E-state index in [0.29, 0.717) is 28.9 Å². The molecule has 1 amide bonds. The number of amides is 1. The second-order valence-corrected chi connectivity index (χ2v) is 10.2. The standard InChI is InChI=1S/C25H29FN4O2/c26-20-4-2-1-3-15(20)12-29-24(31)19-13-28-23-18(5-6-27-23)22(19)30-21-16-7-14-8-17(21)11-25(32,9-14)10-16/h1-4,13-14,16-17,21,32H,5-12H2,(H,29,31)(H2,27,28,30). The van der Waals surface area contributed by atoms with Gasteiger partial charge in [0.25, 0.3) is 5.91 Å². The molecule has 2 heterocycles. The number of anilines is 2. The summed E-state index contributed by atoms with van der Waals surface area (Å²) in [6.45, 7) is 0.931. The van der Waals surface area contributed by atoms with Crippen LogP contribution in [0.1, 0.15) is 53.6 Å². The first-order chi connectivity index (χ1) is 15.5. The fraction of sp³-hybridized carbons (Fsp3) is 0.520. The maximum Gasteiger partial charge on any atom is 0.255 e. The summed E-state index contributed by atoms with van der Waals surface area (Å²) in [5.74, 6) is 1.75. The zero-order valence-corrected chi connectivity index (χ0v) is 18.0. The van der Waals surface area contributed by atoms with E-state index in [2.05, 4.69) is 20.9 Å². The molecule has 32 heavy (non-hydrogen) atoms. The van der Waals surface area contributed by atoms with Crippen LogP contribution in [-0.4, -0.2) is 34.2 Å². The SMILES string of the molecule is O=C(NCc1ccccc1F)c1cnc2c(c1NC1C3CC4CC1CC(O)(C4)C3)CCN2. The van der Waals surface area contributed by atoms with Crippen LogP contribution in [0.2, 0.25) is 0 Å². The van der Waals surface area contributed by atoms with Crippen LogP contribution in [0, 0.1) is 23.6 Å². The smallest absolute Gasteiger partial charge is 0.255 e. The largest absolute Gasteiger partial charge is 0.390 e. The molecule has 4 bridgehead atoms. The Morgan fingerprint density at radius 1 is 1.22 bits per heavy atom. The van der Waals surface area contributed by atoms with Gasteiger partial charge in [0.15, 0.2) is 0 Å². The van der Waals surface area contributed by atoms with Crippen LogP contribution in [0.3, 0.4) is 0 Å². The Morgan fingerprint density at radius 3 is 2.75 bits per heavy atom. The lowest BCUT2D eigenvalue weighted by Crippen LogP contribution is -2.59. The van der Waals surface area contributed by atoms with Crippen LogP contribution in [0.15, 0.2) is 30.5 Å². The van der Waals surface area contributed by atoms with Gasteiger partial charge >= 0.3 is 0 Å². The Hall–Kier alpha value is -2.67. The minimum Gasteiger partial charge on any atom is -0.390 e. The van der Waals surface area contributed by atoms with Crippen molar-refractivity contribution in [2.24, 2.45) is 17.8 Å². The van der Waals surface area contributed by atoms with Crippen LogP contribution < -0.4 is 16.0 Å². The van der Waals surface area contributed by atoms with Gasteiger partial charge < -0.3 is 21.1 Å². The van der Waals surface area contributed by atoms with Gasteiger partial charge in [0.1, 0.15) is 11.6 Å². The third-order valence-electron chi connectivity index (χ3n) is 8.04. The van der Waals surface area contributed by atoms with Crippen molar-refractivity contribution in [3.05, 3.63) is 53.0 Å². The van der Waals surface area contributed by atoms with Gasteiger partial charge in [0.2, 0.25) is 0 Å². The first kappa shape index (κ1) is 20.0. The number of carbonyl (C=O) groups excluding carboxylic acids is 1. The molecule has 7 rings (SSSR count). The zero-order valence-electron chi connectivity index (χ0n) is 18.0. The molecule has 4 aliphatic carbocycles. The lowest BCUT2D eigenvalue weighted by molar-refractivity contribution is -0.129. The first-order valence-electron chi connectivity index (χ1n) is 11.8. The molecule has 168 valence electrons. The van der Waals surface area contributed by atoms with Gasteiger partial charge in [0, 0.05) is 36.5 Å². The number of nitrogens with one attached hydrogen (secondary N) is 3. The number of rotatable bonds is 5. The maximum atomic E-state index is 14.0. The predicted octanol–water partition coefficient (Wildman–Crippen LogP) is 3.47. The van der Waals surface area contributed by atoms with Crippen molar-refractivity contribution >= 4 is 17.4 Å². The predicted molar refractivity (Wildman–Crippen MR) is 120 cm³/mol. The summed E-state index contributed by atoms with van der Waals surface area (Å²) in [7, 11) is 0. The summed E-state index contributed by atoms with van der Waals surface area (Å²) < 4.78 is 14.0. The van der Waals surface area contributed by atoms with Crippen molar-refractivity contribution < 1.29 is 14.3 Å². The topological polar surface area (TPSA) is 86.3 Å². The van der Waals surface area contributed by atoms with Crippen molar-refractivity contribution in [1.82, 2.24) is 10.3 Å². The second kappa shape index (κ2) is 7.44. The van der Waals surface area contributed by atoms with Gasteiger partial charge in [-0.2, -0.15) is 0 Å². The first-order valence-corrected chi connectivity index (χ1v) is 11.8. The Bertz CT molecular complexity index is 1060. The van der Waals surface area contributed by atoms with E-state index in [1.165, 1.54) is 6.07 Å². The highest BCUT2D eigenvalue weighted by Crippen LogP contribution is 2.56. The van der Waals surface area contributed by atoms with E-state index in [9.17, 15) is 14.3 Å². The number of carbonyl (C=O) groups is 1. The molecule has 7 heteroatoms. The number of fused-ring (bicyclic) bond motifs is 1. The van der Waals surface area contributed by atoms with Gasteiger partial charge in [-0.3, -0.25) is 4.79 Å². The quantitative estimate of drug-likeness (QED) is 0.577. The number of aliphatic hydroxyl groups is 1. The molecule has 1 aliphatic heterocycles. The van der Waals surface area contributed by atoms with Crippen molar-refractivity contribution in [1.29, 1.82) is 0 Å². The summed E-state index contributed by atoms with van der Waals surface area (Å²) in [6.07, 6.45) is 7.38. The van der Waals surface area contributed by atoms with Gasteiger partial charge in [-0.05, 0) is 62.3 Å². The summed E-state index contributed by atoms with van der Waals surface area (Å²) in [5.41, 5.74) is 2.39. The normalized spacial score (nSPS) is 31.8. The average Bonchev–Trinajstić information content (AvgIpc) is 3.23. The monoisotopic (exact) mass is 436 g/mol. The number of pyridine rings is 1. The average molecular weight is 437 g/mol. The van der Waals surface area contributed by atoms with Gasteiger partial charge in [-0.15, -0.1) is 0 Å². The van der Waals surface area contributed by atoms with Crippen molar-refractivity contribution in [2.75, 3.05) is 17.2 Å². The van der Waals surface area contributed by atoms with Crippen LogP contribution in [0.4, 0.5) is 15.9 Å². The van der Waals surface area contributed by atoms with Crippen LogP contribution >= 0.6 is 0 Å². The van der Waals surface area contributed by atoms with Gasteiger partial charge in [0.05, 0.1) is 16.9 Å². The number of benzene rings is 1. The highest BCUT2D eigenvalue weighted by atomic mass is 19.1. The van der Waals surface area contributed by atoms with Crippen LogP contribution in [0.5, 0.6) is 0 Å². The van der Waals surface area contributed by atoms with Gasteiger partial charge in [-0.1, -0.05) is 18.2 Å². The molecule has 0 spiro atoms. The summed E-state index contributed by atoms with van der Waals surface area (Å²) >= 11 is 0. The molecule has 2 aromatic rings. The fourth-order valence-corrected chi connectivity index (χ4v) is 6.89. The van der Waals surface area contributed by atoms with Crippen molar-refractivity contribution in [3.8, 4) is 0 Å². The zero-order chi connectivity index (χ0) is 21.9. The molecular weight excluding hydrogens is 407 g/mol. The highest BCUT2D eigenvalue weighted by Gasteiger charge is 2.55. The van der Waals surface area contributed by atoms with Gasteiger partial charge in [-0.25, -0.2) is 9.37 Å². The van der Waals surface area contributed by atoms with E-state index >= 15 is 0 Å². The third kappa shape index (κ3) is 3.34. The second-order valence-electron chi connectivity index (χ2n) is 10.2. The minimum atomic E-state index is -0.490. The van der Waals surface area contributed by atoms with E-state index in [1.54, 1.807) is 24.4 Å². The highest BCUT2D eigenvalue weighted by molar-refractivity contribution is 6.01. The summed E-state index contributed by atoms with van der Waals surface area (Å²) in [6, 6.07) is 6.75. The van der Waals surface area contributed by atoms with Crippen LogP contribution in [0.25, 0.3) is 0 Å². The van der Waals surface area contributed by atoms with E-state index < -0.39 is 5.60 Å². The molecule has 4 N–H and O–H groups in total. The lowest BCUT2D eigenvalue weighted by atomic mass is 9.52. The molecule has 4 saturated carbocycles. The maximum absolute atomic E-state index is 14.0. The Morgan fingerprint density at radius 2 is 2.00 bits per heavy atom. The summed E-state index contributed by atoms with van der Waals surface area (Å²) in [5, 5.41) is 20.9. The molecule has 0 radical (unpaired) electrons. The lowest BCUT2D eigenvalue weighted by Gasteiger charge is -2.58. The van der Waals surface area contributed by atoms with Crippen molar-refractivity contribution in [2.45, 2.75) is 56.7 Å². The molecular formula is C25H29FN4O2. The number of aromatic nitrogens is 1. The van der Waals surface area contributed by atoms with Crippen LogP contribution in [-0.2, 0) is 13.0 Å². The Labute approximate surface area is 187 Å². The number of hydrogen-bond donors (Lipinski definition) is 4. The van der Waals surface area contributed by atoms with E-state index in [0.717, 1.165) is 62.1 Å². The minimum absolute atomic E-state index is 0.129. The van der Waals surface area contributed by atoms with E-state index in [4.69, 9.17) is 0 Å². The number of halogens is 1. The molecule has 0 saturated heterocycles. The Balaban J connectivity index is 1.27. The van der Waals surface area contributed by atoms with Crippen molar-refractivity contribution in [3.63, 3.8) is 0 Å². The molecule has 4 fully saturated rings. The molecule has 2 atom stereocenters. The number of hydrogen-bond acceptors (Lipinski definition) is 5. The molecule has 1 aromatic heterocycles. The fourth-order valence-electron chi connectivity index (χ4n) is 6.89. The summed E-state index contributed by atoms with van der Waals surface area (Å²) in [4.78, 5) is 17.7. The molecule has 5 aliphatic rings. The Kier molecular flexibility index (Phi) is 4.64. The molecule has 1 aromatic carbocycles. The number of nitrogens with zero attached hydrogens (tertiary/aromatic N) is 1. The van der Waals surface area contributed by atoms with E-state index in [1.807, 2.05) is 0 Å².